The number of carbonyl (C=O) groups is 2. The topological polar surface area (TPSA) is 149 Å². The Kier molecular flexibility index (Phi) is 10.7. The summed E-state index contributed by atoms with van der Waals surface area (Å²) in [5.41, 5.74) is 3.52. The van der Waals surface area contributed by atoms with Crippen molar-refractivity contribution in [1.29, 1.82) is 0 Å². The summed E-state index contributed by atoms with van der Waals surface area (Å²) in [4.78, 5) is 25.0. The molecule has 224 valence electrons. The summed E-state index contributed by atoms with van der Waals surface area (Å²) >= 11 is 0. The van der Waals surface area contributed by atoms with Crippen LogP contribution in [-0.4, -0.2) is 63.4 Å². The molecule has 1 aliphatic rings. The second kappa shape index (κ2) is 14.4. The number of nitrogens with one attached hydrogen (secondary N) is 1. The molecule has 10 nitrogen and oxygen atoms in total. The number of hydrogen-bond acceptors (Lipinski definition) is 8. The quantitative estimate of drug-likeness (QED) is 0.214. The Morgan fingerprint density at radius 1 is 0.976 bits per heavy atom. The summed E-state index contributed by atoms with van der Waals surface area (Å²) in [5.74, 6) is -1.44. The number of carboxylic acids is 1. The number of anilines is 1. The van der Waals surface area contributed by atoms with E-state index in [0.717, 1.165) is 11.1 Å². The van der Waals surface area contributed by atoms with E-state index >= 15 is 0 Å². The van der Waals surface area contributed by atoms with Gasteiger partial charge in [0.1, 0.15) is 5.75 Å². The molecule has 0 aromatic heterocycles. The highest BCUT2D eigenvalue weighted by Crippen LogP contribution is 2.42. The van der Waals surface area contributed by atoms with Crippen LogP contribution >= 0.6 is 0 Å². The molecule has 3 aromatic rings. The fourth-order valence-electron chi connectivity index (χ4n) is 5.05. The second-order valence-electron chi connectivity index (χ2n) is 10.7. The number of carboxylic acid groups (broad SMARTS) is 1. The number of phenolic OH excluding ortho intramolecular Hbond substituents is 1. The number of likely N-dealkylation sites (N-methyl/N-ethyl adjacent to an activating group) is 1. The number of benzene rings is 3. The number of phenols is 1. The van der Waals surface area contributed by atoms with Gasteiger partial charge in [0.15, 0.2) is 6.29 Å². The Bertz CT molecular complexity index is 1350. The molecule has 4 rings (SSSR count). The average molecular weight is 579 g/mol. The van der Waals surface area contributed by atoms with Crippen LogP contribution in [0.4, 0.5) is 5.69 Å². The summed E-state index contributed by atoms with van der Waals surface area (Å²) in [5, 5.41) is 41.7. The number of aliphatic hydroxyl groups is 2. The standard InChI is InChI=1S/C32H38N2O8/c1-20-28(18-34(2)17-27(37)23-5-4-8-26(36)16-23)41-32(42-31(20)22-11-9-21(19-35)10-12-22)24-6-3-7-25(15-24)33-29(38)13-14-30(39)40/h3-12,15-16,20,27-28,31-32,35-37H,13-14,17-19H2,1-2H3,(H,33,38)(H,39,40). The molecule has 0 aliphatic carbocycles. The number of aromatic hydroxyl groups is 1. The molecule has 1 aliphatic heterocycles. The average Bonchev–Trinajstić information content (AvgIpc) is 2.97. The Balaban J connectivity index is 1.53. The van der Waals surface area contributed by atoms with E-state index in [9.17, 15) is 24.9 Å². The molecule has 42 heavy (non-hydrogen) atoms. The van der Waals surface area contributed by atoms with E-state index in [1.165, 1.54) is 0 Å². The van der Waals surface area contributed by atoms with E-state index in [1.54, 1.807) is 42.5 Å². The van der Waals surface area contributed by atoms with Gasteiger partial charge in [0.2, 0.25) is 5.91 Å². The van der Waals surface area contributed by atoms with E-state index in [0.29, 0.717) is 29.9 Å². The van der Waals surface area contributed by atoms with Gasteiger partial charge in [-0.05, 0) is 48.0 Å². The van der Waals surface area contributed by atoms with E-state index < -0.39 is 24.3 Å². The highest BCUT2D eigenvalue weighted by atomic mass is 16.7. The van der Waals surface area contributed by atoms with E-state index in [1.807, 2.05) is 49.2 Å². The fourth-order valence-corrected chi connectivity index (χ4v) is 5.05. The van der Waals surface area contributed by atoms with E-state index in [2.05, 4.69) is 5.32 Å². The van der Waals surface area contributed by atoms with Crippen molar-refractivity contribution in [3.05, 3.63) is 95.1 Å². The van der Waals surface area contributed by atoms with Crippen molar-refractivity contribution >= 4 is 17.6 Å². The third kappa shape index (κ3) is 8.37. The molecule has 3 aromatic carbocycles. The molecule has 5 atom stereocenters. The first-order chi connectivity index (χ1) is 20.1. The molecule has 1 fully saturated rings. The monoisotopic (exact) mass is 578 g/mol. The summed E-state index contributed by atoms with van der Waals surface area (Å²) < 4.78 is 13.0. The number of rotatable bonds is 12. The Morgan fingerprint density at radius 3 is 2.40 bits per heavy atom. The molecule has 5 N–H and O–H groups in total. The molecule has 0 radical (unpaired) electrons. The Morgan fingerprint density at radius 2 is 1.71 bits per heavy atom. The predicted molar refractivity (Wildman–Crippen MR) is 155 cm³/mol. The highest BCUT2D eigenvalue weighted by Gasteiger charge is 2.39. The van der Waals surface area contributed by atoms with Gasteiger partial charge in [0, 0.05) is 36.7 Å². The summed E-state index contributed by atoms with van der Waals surface area (Å²) in [6.45, 7) is 2.78. The number of carbonyl (C=O) groups excluding carboxylic acids is 1. The highest BCUT2D eigenvalue weighted by molar-refractivity contribution is 5.92. The Hall–Kier alpha value is -3.80. The molecule has 1 heterocycles. The van der Waals surface area contributed by atoms with Crippen LogP contribution in [0.3, 0.4) is 0 Å². The third-order valence-electron chi connectivity index (χ3n) is 7.36. The van der Waals surface area contributed by atoms with Gasteiger partial charge in [0.05, 0.1) is 31.3 Å². The van der Waals surface area contributed by atoms with Gasteiger partial charge in [-0.2, -0.15) is 0 Å². The number of aliphatic hydroxyl groups excluding tert-OH is 2. The van der Waals surface area contributed by atoms with Crippen molar-refractivity contribution in [2.75, 3.05) is 25.5 Å². The van der Waals surface area contributed by atoms with Crippen molar-refractivity contribution in [3.8, 4) is 5.75 Å². The Labute approximate surface area is 245 Å². The smallest absolute Gasteiger partial charge is 0.303 e. The van der Waals surface area contributed by atoms with Gasteiger partial charge >= 0.3 is 5.97 Å². The molecule has 0 spiro atoms. The lowest BCUT2D eigenvalue weighted by atomic mass is 9.90. The number of nitrogens with zero attached hydrogens (tertiary/aromatic N) is 1. The van der Waals surface area contributed by atoms with Crippen molar-refractivity contribution in [2.24, 2.45) is 5.92 Å². The summed E-state index contributed by atoms with van der Waals surface area (Å²) in [7, 11) is 1.89. The molecule has 5 unspecified atom stereocenters. The zero-order valence-electron chi connectivity index (χ0n) is 23.7. The van der Waals surface area contributed by atoms with Crippen LogP contribution in [0.1, 0.15) is 60.5 Å². The van der Waals surface area contributed by atoms with Crippen molar-refractivity contribution in [1.82, 2.24) is 4.90 Å². The molecule has 0 saturated carbocycles. The predicted octanol–water partition coefficient (Wildman–Crippen LogP) is 4.14. The summed E-state index contributed by atoms with van der Waals surface area (Å²) in [6, 6.07) is 21.2. The minimum Gasteiger partial charge on any atom is -0.508 e. The molecular formula is C32H38N2O8. The van der Waals surface area contributed by atoms with Crippen molar-refractivity contribution in [2.45, 2.75) is 51.0 Å². The zero-order chi connectivity index (χ0) is 30.2. The van der Waals surface area contributed by atoms with Gasteiger partial charge < -0.3 is 40.1 Å². The van der Waals surface area contributed by atoms with Crippen LogP contribution in [0.25, 0.3) is 0 Å². The van der Waals surface area contributed by atoms with E-state index in [-0.39, 0.29) is 43.3 Å². The van der Waals surface area contributed by atoms with Crippen LogP contribution in [0.15, 0.2) is 72.8 Å². The van der Waals surface area contributed by atoms with Crippen LogP contribution in [0.5, 0.6) is 5.75 Å². The molecular weight excluding hydrogens is 540 g/mol. The fraction of sp³-hybridized carbons (Fsp3) is 0.375. The molecule has 1 amide bonds. The largest absolute Gasteiger partial charge is 0.508 e. The van der Waals surface area contributed by atoms with Crippen molar-refractivity contribution in [3.63, 3.8) is 0 Å². The SMILES string of the molecule is CC1C(CN(C)CC(O)c2cccc(O)c2)OC(c2cccc(NC(=O)CCC(=O)O)c2)OC1c1ccc(CO)cc1. The normalized spacial score (nSPS) is 21.2. The molecule has 10 heteroatoms. The van der Waals surface area contributed by atoms with Crippen molar-refractivity contribution < 1.29 is 39.5 Å². The minimum atomic E-state index is -1.04. The lowest BCUT2D eigenvalue weighted by Crippen LogP contribution is -2.44. The zero-order valence-corrected chi connectivity index (χ0v) is 23.7. The minimum absolute atomic E-state index is 0.0625. The van der Waals surface area contributed by atoms with Crippen LogP contribution in [-0.2, 0) is 25.7 Å². The van der Waals surface area contributed by atoms with E-state index in [4.69, 9.17) is 14.6 Å². The summed E-state index contributed by atoms with van der Waals surface area (Å²) in [6.07, 6.45) is -2.63. The first kappa shape index (κ1) is 31.1. The van der Waals surface area contributed by atoms with Gasteiger partial charge in [-0.3, -0.25) is 9.59 Å². The third-order valence-corrected chi connectivity index (χ3v) is 7.36. The number of hydrogen-bond donors (Lipinski definition) is 5. The molecule has 0 bridgehead atoms. The lowest BCUT2D eigenvalue weighted by Gasteiger charge is -2.42. The first-order valence-electron chi connectivity index (χ1n) is 13.9. The number of amides is 1. The van der Waals surface area contributed by atoms with Gasteiger partial charge in [-0.1, -0.05) is 55.5 Å². The lowest BCUT2D eigenvalue weighted by molar-refractivity contribution is -0.276. The first-order valence-corrected chi connectivity index (χ1v) is 13.9. The van der Waals surface area contributed by atoms with Crippen LogP contribution in [0, 0.1) is 5.92 Å². The van der Waals surface area contributed by atoms with Gasteiger partial charge in [0.25, 0.3) is 0 Å². The number of ether oxygens (including phenoxy) is 2. The second-order valence-corrected chi connectivity index (χ2v) is 10.7. The molecule has 1 saturated heterocycles. The maximum absolute atomic E-state index is 12.2. The number of aliphatic carboxylic acids is 1. The van der Waals surface area contributed by atoms with Crippen LogP contribution < -0.4 is 5.32 Å². The van der Waals surface area contributed by atoms with Crippen LogP contribution in [0.2, 0.25) is 0 Å². The van der Waals surface area contributed by atoms with Gasteiger partial charge in [-0.15, -0.1) is 0 Å². The maximum Gasteiger partial charge on any atom is 0.303 e. The maximum atomic E-state index is 12.2. The van der Waals surface area contributed by atoms with Gasteiger partial charge in [-0.25, -0.2) is 0 Å².